The van der Waals surface area contributed by atoms with Gasteiger partial charge in [0.2, 0.25) is 10.0 Å². The molecule has 9 heteroatoms. The topological polar surface area (TPSA) is 87.2 Å². The molecule has 1 aromatic heterocycles. The maximum Gasteiger partial charge on any atom is 0.243 e. The van der Waals surface area contributed by atoms with Crippen molar-refractivity contribution in [1.29, 1.82) is 0 Å². The lowest BCUT2D eigenvalue weighted by atomic mass is 10.2. The van der Waals surface area contributed by atoms with Crippen LogP contribution >= 0.6 is 11.6 Å². The molecule has 1 aliphatic rings. The van der Waals surface area contributed by atoms with E-state index in [1.165, 1.54) is 6.33 Å². The van der Waals surface area contributed by atoms with Crippen molar-refractivity contribution in [2.24, 2.45) is 0 Å². The fourth-order valence-corrected chi connectivity index (χ4v) is 4.79. The number of hydrogen-bond acceptors (Lipinski definition) is 6. The molecule has 26 heavy (non-hydrogen) atoms. The molecule has 2 aromatic rings. The van der Waals surface area contributed by atoms with Crippen LogP contribution in [0.4, 0.5) is 11.5 Å². The monoisotopic (exact) mass is 395 g/mol. The van der Waals surface area contributed by atoms with Gasteiger partial charge in [-0.05, 0) is 30.5 Å². The zero-order chi connectivity index (χ0) is 18.6. The molecule has 3 rings (SSSR count). The Kier molecular flexibility index (Phi) is 5.95. The number of anilines is 2. The van der Waals surface area contributed by atoms with Crippen molar-refractivity contribution < 1.29 is 8.42 Å². The van der Waals surface area contributed by atoms with Crippen molar-refractivity contribution in [1.82, 2.24) is 14.3 Å². The molecule has 1 fully saturated rings. The Labute approximate surface area is 158 Å². The Hall–Kier alpha value is -1.90. The van der Waals surface area contributed by atoms with Gasteiger partial charge >= 0.3 is 0 Å². The fraction of sp³-hybridized carbons (Fsp3) is 0.412. The van der Waals surface area contributed by atoms with Gasteiger partial charge in [-0.1, -0.05) is 30.2 Å². The van der Waals surface area contributed by atoms with E-state index in [-0.39, 0.29) is 0 Å². The highest BCUT2D eigenvalue weighted by molar-refractivity contribution is 7.89. The second-order valence-corrected chi connectivity index (χ2v) is 8.40. The lowest BCUT2D eigenvalue weighted by molar-refractivity contribution is 0.346. The molecule has 2 heterocycles. The number of rotatable bonds is 6. The number of halogens is 1. The van der Waals surface area contributed by atoms with Gasteiger partial charge in [-0.2, -0.15) is 4.31 Å². The first kappa shape index (κ1) is 18.9. The van der Waals surface area contributed by atoms with E-state index in [1.807, 2.05) is 6.07 Å². The van der Waals surface area contributed by atoms with Crippen molar-refractivity contribution >= 4 is 33.1 Å². The highest BCUT2D eigenvalue weighted by Gasteiger charge is 2.25. The fourth-order valence-electron chi connectivity index (χ4n) is 2.98. The van der Waals surface area contributed by atoms with E-state index < -0.39 is 10.0 Å². The van der Waals surface area contributed by atoms with Gasteiger partial charge < -0.3 is 10.6 Å². The highest BCUT2D eigenvalue weighted by Crippen LogP contribution is 2.26. The molecule has 140 valence electrons. The van der Waals surface area contributed by atoms with Crippen molar-refractivity contribution in [3.63, 3.8) is 0 Å². The van der Waals surface area contributed by atoms with Gasteiger partial charge in [-0.15, -0.1) is 0 Å². The van der Waals surface area contributed by atoms with Crippen molar-refractivity contribution in [2.75, 3.05) is 30.8 Å². The summed E-state index contributed by atoms with van der Waals surface area (Å²) in [6.07, 6.45) is 4.30. The number of aromatic nitrogens is 2. The lowest BCUT2D eigenvalue weighted by Crippen LogP contribution is -2.35. The molecular weight excluding hydrogens is 374 g/mol. The Morgan fingerprint density at radius 3 is 2.69 bits per heavy atom. The van der Waals surface area contributed by atoms with Gasteiger partial charge in [-0.3, -0.25) is 0 Å². The molecule has 0 amide bonds. The van der Waals surface area contributed by atoms with E-state index in [1.54, 1.807) is 29.6 Å². The minimum absolute atomic E-state index is 0.325. The molecule has 0 spiro atoms. The van der Waals surface area contributed by atoms with E-state index in [0.29, 0.717) is 41.2 Å². The summed E-state index contributed by atoms with van der Waals surface area (Å²) in [7, 11) is -1.70. The SMILES string of the molecule is CNc1c(Cl)ncnc1NCc1cccc(S(=O)(=O)N2CCCCC2)c1. The minimum atomic E-state index is -3.44. The van der Waals surface area contributed by atoms with E-state index >= 15 is 0 Å². The van der Waals surface area contributed by atoms with Gasteiger partial charge in [-0.25, -0.2) is 18.4 Å². The molecule has 0 saturated carbocycles. The Morgan fingerprint density at radius 2 is 1.96 bits per heavy atom. The zero-order valence-corrected chi connectivity index (χ0v) is 16.1. The first-order valence-electron chi connectivity index (χ1n) is 8.53. The third kappa shape index (κ3) is 4.08. The molecule has 2 N–H and O–H groups in total. The molecule has 0 unspecified atom stereocenters. The van der Waals surface area contributed by atoms with E-state index in [9.17, 15) is 8.42 Å². The van der Waals surface area contributed by atoms with Crippen LogP contribution in [0.1, 0.15) is 24.8 Å². The predicted molar refractivity (Wildman–Crippen MR) is 103 cm³/mol. The molecule has 0 bridgehead atoms. The van der Waals surface area contributed by atoms with Crippen LogP contribution in [0.15, 0.2) is 35.5 Å². The summed E-state index contributed by atoms with van der Waals surface area (Å²) >= 11 is 6.04. The molecule has 0 aliphatic carbocycles. The molecular formula is C17H22ClN5O2S. The van der Waals surface area contributed by atoms with Crippen molar-refractivity contribution in [2.45, 2.75) is 30.7 Å². The minimum Gasteiger partial charge on any atom is -0.383 e. The number of nitrogens with one attached hydrogen (secondary N) is 2. The first-order valence-corrected chi connectivity index (χ1v) is 10.4. The number of benzene rings is 1. The molecule has 1 aromatic carbocycles. The van der Waals surface area contributed by atoms with Crippen molar-refractivity contribution in [3.8, 4) is 0 Å². The Bertz CT molecular complexity index is 869. The quantitative estimate of drug-likeness (QED) is 0.731. The average molecular weight is 396 g/mol. The molecule has 7 nitrogen and oxygen atoms in total. The number of piperidine rings is 1. The van der Waals surface area contributed by atoms with Crippen LogP contribution in [-0.2, 0) is 16.6 Å². The van der Waals surface area contributed by atoms with Gasteiger partial charge in [0.15, 0.2) is 11.0 Å². The average Bonchev–Trinajstić information content (AvgIpc) is 2.67. The van der Waals surface area contributed by atoms with E-state index in [2.05, 4.69) is 20.6 Å². The normalized spacial score (nSPS) is 15.6. The highest BCUT2D eigenvalue weighted by atomic mass is 35.5. The lowest BCUT2D eigenvalue weighted by Gasteiger charge is -2.26. The Balaban J connectivity index is 1.77. The van der Waals surface area contributed by atoms with Gasteiger partial charge in [0.25, 0.3) is 0 Å². The van der Waals surface area contributed by atoms with Gasteiger partial charge in [0.05, 0.1) is 4.90 Å². The van der Waals surface area contributed by atoms with Crippen LogP contribution in [0.2, 0.25) is 5.15 Å². The summed E-state index contributed by atoms with van der Waals surface area (Å²) < 4.78 is 27.2. The van der Waals surface area contributed by atoms with Crippen LogP contribution < -0.4 is 10.6 Å². The predicted octanol–water partition coefficient (Wildman–Crippen LogP) is 2.96. The Morgan fingerprint density at radius 1 is 1.19 bits per heavy atom. The first-order chi connectivity index (χ1) is 12.5. The second-order valence-electron chi connectivity index (χ2n) is 6.10. The summed E-state index contributed by atoms with van der Waals surface area (Å²) in [5.74, 6) is 0.566. The summed E-state index contributed by atoms with van der Waals surface area (Å²) in [6.45, 7) is 1.61. The summed E-state index contributed by atoms with van der Waals surface area (Å²) in [5.41, 5.74) is 1.45. The molecule has 0 atom stereocenters. The largest absolute Gasteiger partial charge is 0.383 e. The van der Waals surface area contributed by atoms with Crippen LogP contribution in [0, 0.1) is 0 Å². The van der Waals surface area contributed by atoms with Crippen LogP contribution in [0.3, 0.4) is 0 Å². The summed E-state index contributed by atoms with van der Waals surface area (Å²) in [6, 6.07) is 7.00. The molecule has 0 radical (unpaired) electrons. The maximum absolute atomic E-state index is 12.8. The van der Waals surface area contributed by atoms with Gasteiger partial charge in [0.1, 0.15) is 12.0 Å². The zero-order valence-electron chi connectivity index (χ0n) is 14.6. The van der Waals surface area contributed by atoms with Crippen LogP contribution in [-0.4, -0.2) is 42.8 Å². The van der Waals surface area contributed by atoms with Gasteiger partial charge in [0, 0.05) is 26.7 Å². The van der Waals surface area contributed by atoms with E-state index in [0.717, 1.165) is 24.8 Å². The number of sulfonamides is 1. The third-order valence-corrected chi connectivity index (χ3v) is 6.54. The number of nitrogens with zero attached hydrogens (tertiary/aromatic N) is 3. The van der Waals surface area contributed by atoms with E-state index in [4.69, 9.17) is 11.6 Å². The van der Waals surface area contributed by atoms with Crippen molar-refractivity contribution in [3.05, 3.63) is 41.3 Å². The number of hydrogen-bond donors (Lipinski definition) is 2. The summed E-state index contributed by atoms with van der Waals surface area (Å²) in [5, 5.41) is 6.46. The van der Waals surface area contributed by atoms with Crippen LogP contribution in [0.25, 0.3) is 0 Å². The smallest absolute Gasteiger partial charge is 0.243 e. The van der Waals surface area contributed by atoms with Crippen LogP contribution in [0.5, 0.6) is 0 Å². The molecule has 1 saturated heterocycles. The standard InChI is InChI=1S/C17H22ClN5O2S/c1-19-15-16(18)21-12-22-17(15)20-11-13-6-5-7-14(10-13)26(24,25)23-8-3-2-4-9-23/h5-7,10,12,19H,2-4,8-9,11H2,1H3,(H,20,21,22). The third-order valence-electron chi connectivity index (χ3n) is 4.36. The molecule has 1 aliphatic heterocycles. The summed E-state index contributed by atoms with van der Waals surface area (Å²) in [4.78, 5) is 8.43. The maximum atomic E-state index is 12.8. The second kappa shape index (κ2) is 8.20.